The van der Waals surface area contributed by atoms with Crippen LogP contribution in [-0.2, 0) is 0 Å². The van der Waals surface area contributed by atoms with Crippen LogP contribution in [0.25, 0.3) is 0 Å². The molecule has 0 aromatic heterocycles. The van der Waals surface area contributed by atoms with Crippen LogP contribution in [0, 0.1) is 0 Å². The van der Waals surface area contributed by atoms with E-state index in [0.717, 1.165) is 7.28 Å². The summed E-state index contributed by atoms with van der Waals surface area (Å²) in [5.74, 6) is 0. The minimum absolute atomic E-state index is 0.116. The predicted molar refractivity (Wildman–Crippen MR) is 60.6 cm³/mol. The monoisotopic (exact) mass is 186 g/mol. The van der Waals surface area contributed by atoms with E-state index in [1.807, 2.05) is 13.1 Å². The van der Waals surface area contributed by atoms with Gasteiger partial charge in [-0.25, -0.2) is 0 Å². The van der Waals surface area contributed by atoms with E-state index in [-0.39, 0.29) is 4.94 Å². The number of hydrogen-bond acceptors (Lipinski definition) is 1. The molecular weight excluding hydrogens is 163 g/mol. The zero-order valence-electron chi connectivity index (χ0n) is 9.65. The van der Waals surface area contributed by atoms with Crippen LogP contribution >= 0.6 is 0 Å². The van der Waals surface area contributed by atoms with Gasteiger partial charge < -0.3 is 4.80 Å². The van der Waals surface area contributed by atoms with Gasteiger partial charge in [0.25, 0.3) is 0 Å². The lowest BCUT2D eigenvalue weighted by Crippen LogP contribution is -2.45. The highest BCUT2D eigenvalue weighted by Gasteiger charge is 2.41. The molecule has 0 aliphatic rings. The van der Waals surface area contributed by atoms with Crippen molar-refractivity contribution < 1.29 is 4.80 Å². The fraction of sp³-hybridized carbons (Fsp3) is 1.00. The molecule has 0 amide bonds. The molecule has 0 heterocycles. The zero-order chi connectivity index (χ0) is 10.2. The average Bonchev–Trinajstić information content (AvgIpc) is 1.52. The molecule has 3 heteroatoms. The van der Waals surface area contributed by atoms with E-state index < -0.39 is 8.32 Å². The fourth-order valence-electron chi connectivity index (χ4n) is 1.54. The maximum Gasteiger partial charge on any atom is 0.180 e. The summed E-state index contributed by atoms with van der Waals surface area (Å²) in [6, 6.07) is 0. The van der Waals surface area contributed by atoms with Gasteiger partial charge in [0.05, 0.1) is 0 Å². The third-order valence-electron chi connectivity index (χ3n) is 2.63. The van der Waals surface area contributed by atoms with Crippen LogP contribution in [0.5, 0.6) is 0 Å². The van der Waals surface area contributed by atoms with Gasteiger partial charge in [-0.1, -0.05) is 39.9 Å². The summed E-state index contributed by atoms with van der Waals surface area (Å²) in [5.41, 5.74) is 0. The highest BCUT2D eigenvalue weighted by Crippen LogP contribution is 2.40. The van der Waals surface area contributed by atoms with Crippen LogP contribution < -0.4 is 0 Å². The molecule has 0 spiro atoms. The van der Waals surface area contributed by atoms with Gasteiger partial charge >= 0.3 is 0 Å². The Bertz CT molecular complexity index is 153. The minimum Gasteiger partial charge on any atom is -0.432 e. The van der Waals surface area contributed by atoms with Crippen molar-refractivity contribution in [3.8, 4) is 0 Å². The molecule has 0 aromatic rings. The quantitative estimate of drug-likeness (QED) is 0.657. The Balaban J connectivity index is 4.44. The smallest absolute Gasteiger partial charge is 0.180 e. The predicted octanol–water partition coefficient (Wildman–Crippen LogP) is 2.58. The highest BCUT2D eigenvalue weighted by atomic mass is 28.4. The molecule has 72 valence electrons. The molecule has 0 saturated heterocycles. The molecule has 1 N–H and O–H groups in total. The maximum atomic E-state index is 10.0. The zero-order valence-corrected chi connectivity index (χ0v) is 10.7. The molecule has 0 aromatic carbocycles. The van der Waals surface area contributed by atoms with E-state index in [2.05, 4.69) is 34.6 Å². The maximum absolute atomic E-state index is 10.0. The molecule has 0 fully saturated rings. The Morgan fingerprint density at radius 1 is 1.00 bits per heavy atom. The van der Waals surface area contributed by atoms with Gasteiger partial charge in [-0.3, -0.25) is 0 Å². The standard InChI is InChI=1S/C9H23BOSi/c1-8(2,3)10-9(4,5)12(6,7)11/h10-11H,1-7H3. The van der Waals surface area contributed by atoms with Crippen molar-refractivity contribution in [3.63, 3.8) is 0 Å². The Morgan fingerprint density at radius 2 is 1.33 bits per heavy atom. The third kappa shape index (κ3) is 3.77. The molecule has 0 aliphatic carbocycles. The first-order valence-electron chi connectivity index (χ1n) is 4.68. The van der Waals surface area contributed by atoms with Gasteiger partial charge in [-0.2, -0.15) is 0 Å². The van der Waals surface area contributed by atoms with Gasteiger partial charge in [0.1, 0.15) is 7.28 Å². The van der Waals surface area contributed by atoms with Gasteiger partial charge in [0, 0.05) is 0 Å². The largest absolute Gasteiger partial charge is 0.432 e. The fourth-order valence-corrected chi connectivity index (χ4v) is 2.51. The van der Waals surface area contributed by atoms with Gasteiger partial charge in [-0.15, -0.1) is 0 Å². The van der Waals surface area contributed by atoms with Crippen LogP contribution in [0.15, 0.2) is 0 Å². The Labute approximate surface area is 78.9 Å². The van der Waals surface area contributed by atoms with Crippen LogP contribution in [0.4, 0.5) is 0 Å². The summed E-state index contributed by atoms with van der Waals surface area (Å²) in [5, 5.41) is 0.316. The Hall–Kier alpha value is 0.242. The van der Waals surface area contributed by atoms with Crippen molar-refractivity contribution in [2.75, 3.05) is 0 Å². The Morgan fingerprint density at radius 3 is 1.42 bits per heavy atom. The van der Waals surface area contributed by atoms with Crippen molar-refractivity contribution in [3.05, 3.63) is 0 Å². The lowest BCUT2D eigenvalue weighted by atomic mass is 9.48. The van der Waals surface area contributed by atoms with Crippen molar-refractivity contribution >= 4 is 15.6 Å². The van der Waals surface area contributed by atoms with Crippen LogP contribution in [0.2, 0.25) is 23.3 Å². The SMILES string of the molecule is CC(C)(C)BC(C)(C)[Si](C)(C)O. The Kier molecular flexibility index (Phi) is 3.25. The van der Waals surface area contributed by atoms with Gasteiger partial charge in [0.2, 0.25) is 0 Å². The van der Waals surface area contributed by atoms with E-state index in [1.165, 1.54) is 0 Å². The molecule has 1 nitrogen and oxygen atoms in total. The lowest BCUT2D eigenvalue weighted by Gasteiger charge is -2.38. The summed E-state index contributed by atoms with van der Waals surface area (Å²) in [7, 11) is -0.902. The topological polar surface area (TPSA) is 20.2 Å². The van der Waals surface area contributed by atoms with E-state index >= 15 is 0 Å². The van der Waals surface area contributed by atoms with Crippen LogP contribution in [0.1, 0.15) is 34.6 Å². The summed E-state index contributed by atoms with van der Waals surface area (Å²) in [6.45, 7) is 15.1. The summed E-state index contributed by atoms with van der Waals surface area (Å²) < 4.78 is 0. The third-order valence-corrected chi connectivity index (χ3v) is 6.12. The molecule has 0 radical (unpaired) electrons. The second-order valence-electron chi connectivity index (χ2n) is 6.18. The van der Waals surface area contributed by atoms with Gasteiger partial charge in [0.15, 0.2) is 8.32 Å². The van der Waals surface area contributed by atoms with E-state index in [1.54, 1.807) is 0 Å². The first-order chi connectivity index (χ1) is 4.96. The van der Waals surface area contributed by atoms with Crippen molar-refractivity contribution in [1.82, 2.24) is 0 Å². The molecule has 0 rings (SSSR count). The average molecular weight is 186 g/mol. The van der Waals surface area contributed by atoms with E-state index in [9.17, 15) is 4.80 Å². The molecule has 0 atom stereocenters. The second kappa shape index (κ2) is 3.18. The molecule has 0 bridgehead atoms. The number of hydrogen-bond donors (Lipinski definition) is 1. The van der Waals surface area contributed by atoms with Crippen molar-refractivity contribution in [2.24, 2.45) is 0 Å². The van der Waals surface area contributed by atoms with Gasteiger partial charge in [-0.05, 0) is 18.0 Å². The minimum atomic E-state index is -1.99. The van der Waals surface area contributed by atoms with Crippen molar-refractivity contribution in [2.45, 2.75) is 58.0 Å². The van der Waals surface area contributed by atoms with E-state index in [4.69, 9.17) is 0 Å². The van der Waals surface area contributed by atoms with Crippen LogP contribution in [-0.4, -0.2) is 20.4 Å². The van der Waals surface area contributed by atoms with Crippen molar-refractivity contribution in [1.29, 1.82) is 0 Å². The molecule has 0 unspecified atom stereocenters. The second-order valence-corrected chi connectivity index (χ2v) is 10.7. The molecule has 0 saturated carbocycles. The summed E-state index contributed by atoms with van der Waals surface area (Å²) in [4.78, 5) is 10.2. The molecule has 0 aliphatic heterocycles. The normalized spacial score (nSPS) is 14.7. The first kappa shape index (κ1) is 12.2. The van der Waals surface area contributed by atoms with Crippen LogP contribution in [0.3, 0.4) is 0 Å². The lowest BCUT2D eigenvalue weighted by molar-refractivity contribution is 0.514. The summed E-state index contributed by atoms with van der Waals surface area (Å²) in [6.07, 6.45) is 0. The first-order valence-corrected chi connectivity index (χ1v) is 7.63. The van der Waals surface area contributed by atoms with E-state index in [0.29, 0.717) is 5.31 Å². The highest BCUT2D eigenvalue weighted by molar-refractivity contribution is 6.83. The summed E-state index contributed by atoms with van der Waals surface area (Å²) >= 11 is 0. The number of rotatable bonds is 2. The molecule has 12 heavy (non-hydrogen) atoms. The molecular formula is C9H23BOSi.